The van der Waals surface area contributed by atoms with Gasteiger partial charge in [-0.2, -0.15) is 0 Å². The molecule has 0 aliphatic carbocycles. The Labute approximate surface area is 119 Å². The normalized spacial score (nSPS) is 20.7. The largest absolute Gasteiger partial charge is 0.325 e. The second-order valence-electron chi connectivity index (χ2n) is 5.77. The van der Waals surface area contributed by atoms with Gasteiger partial charge < -0.3 is 5.32 Å². The van der Waals surface area contributed by atoms with Crippen LogP contribution in [0.5, 0.6) is 0 Å². The summed E-state index contributed by atoms with van der Waals surface area (Å²) in [5.74, 6) is 0.0219. The van der Waals surface area contributed by atoms with E-state index in [-0.39, 0.29) is 5.91 Å². The monoisotopic (exact) mass is 266 g/mol. The molecule has 20 heavy (non-hydrogen) atoms. The molecule has 0 saturated carbocycles. The number of aryl methyl sites for hydroxylation is 3. The summed E-state index contributed by atoms with van der Waals surface area (Å²) in [6, 6.07) is 8.16. The second kappa shape index (κ2) is 4.17. The fourth-order valence-electron chi connectivity index (χ4n) is 2.96. The summed E-state index contributed by atoms with van der Waals surface area (Å²) < 4.78 is 0. The van der Waals surface area contributed by atoms with Crippen LogP contribution in [0.1, 0.15) is 34.9 Å². The Kier molecular flexibility index (Phi) is 2.68. The number of benzene rings is 1. The van der Waals surface area contributed by atoms with Gasteiger partial charge in [-0.3, -0.25) is 9.78 Å². The van der Waals surface area contributed by atoms with Gasteiger partial charge >= 0.3 is 0 Å². The molecule has 1 aromatic heterocycles. The minimum absolute atomic E-state index is 0.0219. The topological polar surface area (TPSA) is 42.0 Å². The molecule has 0 fully saturated rings. The van der Waals surface area contributed by atoms with E-state index in [0.29, 0.717) is 0 Å². The number of amides is 1. The molecule has 1 N–H and O–H groups in total. The number of nitrogens with one attached hydrogen (secondary N) is 1. The van der Waals surface area contributed by atoms with E-state index >= 15 is 0 Å². The van der Waals surface area contributed by atoms with Crippen LogP contribution < -0.4 is 5.32 Å². The van der Waals surface area contributed by atoms with Crippen LogP contribution in [0.3, 0.4) is 0 Å². The first kappa shape index (κ1) is 12.9. The highest BCUT2D eigenvalue weighted by atomic mass is 16.2. The highest BCUT2D eigenvalue weighted by Gasteiger charge is 2.45. The third-order valence-electron chi connectivity index (χ3n) is 4.18. The Morgan fingerprint density at radius 3 is 2.50 bits per heavy atom. The number of carbonyl (C=O) groups is 1. The molecular formula is C17H18N2O. The number of carbonyl (C=O) groups excluding carboxylic acids is 1. The Morgan fingerprint density at radius 1 is 1.05 bits per heavy atom. The zero-order valence-electron chi connectivity index (χ0n) is 12.2. The van der Waals surface area contributed by atoms with Crippen LogP contribution in [0, 0.1) is 20.8 Å². The molecule has 3 nitrogen and oxygen atoms in total. The number of hydrogen-bond acceptors (Lipinski definition) is 2. The van der Waals surface area contributed by atoms with Gasteiger partial charge in [-0.15, -0.1) is 0 Å². The minimum atomic E-state index is -0.662. The van der Waals surface area contributed by atoms with E-state index in [0.717, 1.165) is 33.6 Å². The first-order chi connectivity index (χ1) is 9.42. The molecule has 2 heterocycles. The minimum Gasteiger partial charge on any atom is -0.325 e. The maximum atomic E-state index is 12.6. The fourth-order valence-corrected chi connectivity index (χ4v) is 2.96. The molecule has 2 aromatic rings. The predicted octanol–water partition coefficient (Wildman–Crippen LogP) is 3.26. The lowest BCUT2D eigenvalue weighted by Crippen LogP contribution is -2.33. The molecule has 3 heteroatoms. The van der Waals surface area contributed by atoms with Crippen LogP contribution >= 0.6 is 0 Å². The molecule has 1 aromatic carbocycles. The molecule has 3 rings (SSSR count). The quantitative estimate of drug-likeness (QED) is 0.860. The first-order valence-corrected chi connectivity index (χ1v) is 6.79. The molecular weight excluding hydrogens is 248 g/mol. The summed E-state index contributed by atoms with van der Waals surface area (Å²) in [5, 5.41) is 2.99. The summed E-state index contributed by atoms with van der Waals surface area (Å²) in [7, 11) is 0. The van der Waals surface area contributed by atoms with Crippen LogP contribution in [-0.4, -0.2) is 10.9 Å². The summed E-state index contributed by atoms with van der Waals surface area (Å²) in [4.78, 5) is 17.0. The number of anilines is 1. The number of aromatic nitrogens is 1. The van der Waals surface area contributed by atoms with Crippen LogP contribution in [0.15, 0.2) is 30.5 Å². The summed E-state index contributed by atoms with van der Waals surface area (Å²) in [5.41, 5.74) is 5.40. The van der Waals surface area contributed by atoms with Crippen LogP contribution in [-0.2, 0) is 10.2 Å². The standard InChI is InChI=1S/C17H18N2O/c1-10-5-6-15-14(7-10)17(4,16(20)19-15)13-8-11(2)9-18-12(13)3/h5-9H,1-4H3,(H,19,20). The van der Waals surface area contributed by atoms with E-state index in [1.807, 2.05) is 46.0 Å². The zero-order valence-corrected chi connectivity index (χ0v) is 12.2. The molecule has 1 aliphatic heterocycles. The van der Waals surface area contributed by atoms with Gasteiger partial charge in [0.1, 0.15) is 5.41 Å². The van der Waals surface area contributed by atoms with Crippen molar-refractivity contribution >= 4 is 11.6 Å². The van der Waals surface area contributed by atoms with E-state index < -0.39 is 5.41 Å². The van der Waals surface area contributed by atoms with Gasteiger partial charge in [-0.1, -0.05) is 23.8 Å². The van der Waals surface area contributed by atoms with Gasteiger partial charge in [0.2, 0.25) is 5.91 Å². The molecule has 0 bridgehead atoms. The maximum absolute atomic E-state index is 12.6. The van der Waals surface area contributed by atoms with Crippen LogP contribution in [0.4, 0.5) is 5.69 Å². The lowest BCUT2D eigenvalue weighted by atomic mass is 9.76. The number of pyridine rings is 1. The molecule has 1 unspecified atom stereocenters. The number of rotatable bonds is 1. The fraction of sp³-hybridized carbons (Fsp3) is 0.294. The molecule has 1 amide bonds. The molecule has 0 saturated heterocycles. The van der Waals surface area contributed by atoms with Gasteiger partial charge in [0.25, 0.3) is 0 Å². The van der Waals surface area contributed by atoms with E-state index in [4.69, 9.17) is 0 Å². The van der Waals surface area contributed by atoms with Crippen molar-refractivity contribution in [3.63, 3.8) is 0 Å². The van der Waals surface area contributed by atoms with Gasteiger partial charge in [0.05, 0.1) is 0 Å². The zero-order chi connectivity index (χ0) is 14.5. The third kappa shape index (κ3) is 1.66. The average molecular weight is 266 g/mol. The van der Waals surface area contributed by atoms with E-state index in [1.165, 1.54) is 0 Å². The smallest absolute Gasteiger partial charge is 0.239 e. The Morgan fingerprint density at radius 2 is 1.75 bits per heavy atom. The Bertz CT molecular complexity index is 721. The third-order valence-corrected chi connectivity index (χ3v) is 4.18. The molecule has 0 spiro atoms. The maximum Gasteiger partial charge on any atom is 0.239 e. The highest BCUT2D eigenvalue weighted by molar-refractivity contribution is 6.08. The summed E-state index contributed by atoms with van der Waals surface area (Å²) >= 11 is 0. The van der Waals surface area contributed by atoms with Crippen molar-refractivity contribution in [3.8, 4) is 0 Å². The van der Waals surface area contributed by atoms with Crippen molar-refractivity contribution in [3.05, 3.63) is 58.4 Å². The summed E-state index contributed by atoms with van der Waals surface area (Å²) in [6.45, 7) is 7.99. The average Bonchev–Trinajstić information content (AvgIpc) is 2.66. The number of fused-ring (bicyclic) bond motifs is 1. The van der Waals surface area contributed by atoms with Gasteiger partial charge in [0, 0.05) is 17.6 Å². The lowest BCUT2D eigenvalue weighted by Gasteiger charge is -2.25. The predicted molar refractivity (Wildman–Crippen MR) is 80.0 cm³/mol. The van der Waals surface area contributed by atoms with E-state index in [2.05, 4.69) is 22.4 Å². The van der Waals surface area contributed by atoms with Crippen molar-refractivity contribution < 1.29 is 4.79 Å². The lowest BCUT2D eigenvalue weighted by molar-refractivity contribution is -0.119. The molecule has 0 radical (unpaired) electrons. The van der Waals surface area contributed by atoms with Crippen LogP contribution in [0.25, 0.3) is 0 Å². The van der Waals surface area contributed by atoms with Gasteiger partial charge in [-0.25, -0.2) is 0 Å². The first-order valence-electron chi connectivity index (χ1n) is 6.79. The summed E-state index contributed by atoms with van der Waals surface area (Å²) in [6.07, 6.45) is 1.84. The van der Waals surface area contributed by atoms with Crippen LogP contribution in [0.2, 0.25) is 0 Å². The SMILES string of the molecule is Cc1ccc2c(c1)C(C)(c1cc(C)cnc1C)C(=O)N2. The Hall–Kier alpha value is -2.16. The van der Waals surface area contributed by atoms with Crippen molar-refractivity contribution in [2.24, 2.45) is 0 Å². The van der Waals surface area contributed by atoms with Crippen molar-refractivity contribution in [1.29, 1.82) is 0 Å². The number of nitrogens with zero attached hydrogens (tertiary/aromatic N) is 1. The molecule has 102 valence electrons. The number of hydrogen-bond donors (Lipinski definition) is 1. The van der Waals surface area contributed by atoms with Gasteiger partial charge in [-0.05, 0) is 50.5 Å². The highest BCUT2D eigenvalue weighted by Crippen LogP contribution is 2.43. The van der Waals surface area contributed by atoms with E-state index in [9.17, 15) is 4.79 Å². The van der Waals surface area contributed by atoms with Crippen molar-refractivity contribution in [2.75, 3.05) is 5.32 Å². The van der Waals surface area contributed by atoms with E-state index in [1.54, 1.807) is 0 Å². The molecule has 1 aliphatic rings. The van der Waals surface area contributed by atoms with Crippen molar-refractivity contribution in [2.45, 2.75) is 33.1 Å². The second-order valence-corrected chi connectivity index (χ2v) is 5.77. The molecule has 1 atom stereocenters. The Balaban J connectivity index is 2.29. The van der Waals surface area contributed by atoms with Crippen molar-refractivity contribution in [1.82, 2.24) is 4.98 Å². The van der Waals surface area contributed by atoms with Gasteiger partial charge in [0.15, 0.2) is 0 Å².